The number of nitrogens with one attached hydrogen (secondary N) is 2. The van der Waals surface area contributed by atoms with E-state index < -0.39 is 0 Å². The standard InChI is InChI=1S/C16H34N4S.HI/c1-5-17-15(18-10-9-13-21-4)19-14-16(2,3)20-11-7-6-8-12-20;/h5-14H2,1-4H3,(H2,17,18,19);1H. The Hall–Kier alpha value is 0.310. The van der Waals surface area contributed by atoms with Crippen molar-refractivity contribution >= 4 is 41.7 Å². The molecule has 0 aromatic rings. The summed E-state index contributed by atoms with van der Waals surface area (Å²) in [6.07, 6.45) is 7.39. The van der Waals surface area contributed by atoms with Crippen LogP contribution in [0.3, 0.4) is 0 Å². The third-order valence-corrected chi connectivity index (χ3v) is 4.70. The molecule has 4 nitrogen and oxygen atoms in total. The predicted octanol–water partition coefficient (Wildman–Crippen LogP) is 3.18. The first-order valence-corrected chi connectivity index (χ1v) is 9.75. The van der Waals surface area contributed by atoms with Crippen LogP contribution in [0, 0.1) is 0 Å². The summed E-state index contributed by atoms with van der Waals surface area (Å²) in [5, 5.41) is 6.79. The fraction of sp³-hybridized carbons (Fsp3) is 0.938. The number of hydrogen-bond acceptors (Lipinski definition) is 3. The molecule has 6 heteroatoms. The Labute approximate surface area is 158 Å². The molecule has 0 saturated carbocycles. The molecule has 132 valence electrons. The molecule has 0 atom stereocenters. The van der Waals surface area contributed by atoms with Gasteiger partial charge in [0.05, 0.1) is 6.54 Å². The molecule has 1 aliphatic rings. The Morgan fingerprint density at radius 1 is 1.18 bits per heavy atom. The fourth-order valence-corrected chi connectivity index (χ4v) is 3.07. The Balaban J connectivity index is 0.00000441. The zero-order valence-electron chi connectivity index (χ0n) is 14.8. The summed E-state index contributed by atoms with van der Waals surface area (Å²) in [5.74, 6) is 2.16. The lowest BCUT2D eigenvalue weighted by Crippen LogP contribution is -2.49. The third kappa shape index (κ3) is 8.82. The van der Waals surface area contributed by atoms with Gasteiger partial charge < -0.3 is 10.6 Å². The van der Waals surface area contributed by atoms with E-state index in [4.69, 9.17) is 4.99 Å². The summed E-state index contributed by atoms with van der Waals surface area (Å²) < 4.78 is 0. The van der Waals surface area contributed by atoms with Crippen molar-refractivity contribution in [3.63, 3.8) is 0 Å². The van der Waals surface area contributed by atoms with Gasteiger partial charge in [-0.05, 0) is 65.1 Å². The van der Waals surface area contributed by atoms with Crippen LogP contribution in [0.25, 0.3) is 0 Å². The predicted molar refractivity (Wildman–Crippen MR) is 112 cm³/mol. The molecule has 0 radical (unpaired) electrons. The first-order valence-electron chi connectivity index (χ1n) is 8.36. The van der Waals surface area contributed by atoms with E-state index in [1.165, 1.54) is 44.5 Å². The Morgan fingerprint density at radius 2 is 1.86 bits per heavy atom. The van der Waals surface area contributed by atoms with Crippen molar-refractivity contribution in [1.29, 1.82) is 0 Å². The largest absolute Gasteiger partial charge is 0.357 e. The van der Waals surface area contributed by atoms with Crippen LogP contribution in [0.2, 0.25) is 0 Å². The van der Waals surface area contributed by atoms with Crippen LogP contribution >= 0.6 is 35.7 Å². The molecule has 0 aromatic carbocycles. The van der Waals surface area contributed by atoms with Crippen LogP contribution in [0.15, 0.2) is 4.99 Å². The van der Waals surface area contributed by atoms with Crippen molar-refractivity contribution in [2.45, 2.75) is 52.0 Å². The van der Waals surface area contributed by atoms with Crippen molar-refractivity contribution in [3.8, 4) is 0 Å². The lowest BCUT2D eigenvalue weighted by molar-refractivity contribution is 0.102. The monoisotopic (exact) mass is 442 g/mol. The van der Waals surface area contributed by atoms with Gasteiger partial charge in [0.1, 0.15) is 0 Å². The third-order valence-electron chi connectivity index (χ3n) is 4.00. The second-order valence-corrected chi connectivity index (χ2v) is 7.31. The number of aliphatic imine (C=N–C) groups is 1. The summed E-state index contributed by atoms with van der Waals surface area (Å²) in [6.45, 7) is 12.0. The van der Waals surface area contributed by atoms with Crippen molar-refractivity contribution in [2.75, 3.05) is 44.7 Å². The van der Waals surface area contributed by atoms with Crippen LogP contribution in [0.5, 0.6) is 0 Å². The lowest BCUT2D eigenvalue weighted by atomic mass is 9.99. The van der Waals surface area contributed by atoms with Crippen molar-refractivity contribution in [2.24, 2.45) is 4.99 Å². The maximum atomic E-state index is 4.80. The quantitative estimate of drug-likeness (QED) is 0.262. The lowest BCUT2D eigenvalue weighted by Gasteiger charge is -2.40. The first kappa shape index (κ1) is 22.3. The van der Waals surface area contributed by atoms with Gasteiger partial charge in [-0.2, -0.15) is 11.8 Å². The number of hydrogen-bond donors (Lipinski definition) is 2. The molecule has 0 aliphatic carbocycles. The number of piperidine rings is 1. The van der Waals surface area contributed by atoms with Gasteiger partial charge in [-0.1, -0.05) is 6.42 Å². The molecule has 0 unspecified atom stereocenters. The highest BCUT2D eigenvalue weighted by Gasteiger charge is 2.27. The van der Waals surface area contributed by atoms with E-state index >= 15 is 0 Å². The van der Waals surface area contributed by atoms with E-state index in [1.807, 2.05) is 11.8 Å². The molecule has 1 aliphatic heterocycles. The number of likely N-dealkylation sites (tertiary alicyclic amines) is 1. The van der Waals surface area contributed by atoms with Gasteiger partial charge in [-0.25, -0.2) is 0 Å². The van der Waals surface area contributed by atoms with Gasteiger partial charge in [-0.15, -0.1) is 24.0 Å². The molecule has 0 spiro atoms. The SMILES string of the molecule is CCNC(=NCC(C)(C)N1CCCCC1)NCCCSC.I. The van der Waals surface area contributed by atoms with E-state index in [-0.39, 0.29) is 29.5 Å². The number of rotatable bonds is 8. The highest BCUT2D eigenvalue weighted by atomic mass is 127. The van der Waals surface area contributed by atoms with Gasteiger partial charge in [0.15, 0.2) is 5.96 Å². The second kappa shape index (κ2) is 12.7. The first-order chi connectivity index (χ1) is 10.1. The topological polar surface area (TPSA) is 39.7 Å². The zero-order chi connectivity index (χ0) is 15.6. The summed E-state index contributed by atoms with van der Waals surface area (Å²) in [6, 6.07) is 0. The number of nitrogens with zero attached hydrogens (tertiary/aromatic N) is 2. The van der Waals surface area contributed by atoms with E-state index in [0.29, 0.717) is 0 Å². The summed E-state index contributed by atoms with van der Waals surface area (Å²) in [4.78, 5) is 7.40. The second-order valence-electron chi connectivity index (χ2n) is 6.33. The highest BCUT2D eigenvalue weighted by Crippen LogP contribution is 2.20. The van der Waals surface area contributed by atoms with Gasteiger partial charge in [0.25, 0.3) is 0 Å². The molecule has 0 bridgehead atoms. The number of halogens is 1. The fourth-order valence-electron chi connectivity index (χ4n) is 2.64. The maximum absolute atomic E-state index is 4.80. The molecule has 1 fully saturated rings. The summed E-state index contributed by atoms with van der Waals surface area (Å²) in [5.41, 5.74) is 0.155. The summed E-state index contributed by atoms with van der Waals surface area (Å²) >= 11 is 1.90. The van der Waals surface area contributed by atoms with Gasteiger partial charge >= 0.3 is 0 Å². The summed E-state index contributed by atoms with van der Waals surface area (Å²) in [7, 11) is 0. The Morgan fingerprint density at radius 3 is 2.45 bits per heavy atom. The van der Waals surface area contributed by atoms with Gasteiger partial charge in [0.2, 0.25) is 0 Å². The van der Waals surface area contributed by atoms with Crippen LogP contribution < -0.4 is 10.6 Å². The smallest absolute Gasteiger partial charge is 0.191 e. The molecule has 2 N–H and O–H groups in total. The minimum absolute atomic E-state index is 0. The molecule has 0 amide bonds. The van der Waals surface area contributed by atoms with Crippen LogP contribution in [0.4, 0.5) is 0 Å². The van der Waals surface area contributed by atoms with Gasteiger partial charge in [0, 0.05) is 18.6 Å². The average molecular weight is 442 g/mol. The minimum atomic E-state index is 0. The number of guanidine groups is 1. The molecule has 1 rings (SSSR count). The van der Waals surface area contributed by atoms with Crippen molar-refractivity contribution < 1.29 is 0 Å². The molecular formula is C16H35IN4S. The van der Waals surface area contributed by atoms with Crippen LogP contribution in [-0.2, 0) is 0 Å². The highest BCUT2D eigenvalue weighted by molar-refractivity contribution is 14.0. The van der Waals surface area contributed by atoms with E-state index in [9.17, 15) is 0 Å². The van der Waals surface area contributed by atoms with Crippen LogP contribution in [-0.4, -0.2) is 61.1 Å². The maximum Gasteiger partial charge on any atom is 0.191 e. The zero-order valence-corrected chi connectivity index (χ0v) is 17.9. The Bertz CT molecular complexity index is 305. The van der Waals surface area contributed by atoms with Crippen LogP contribution in [0.1, 0.15) is 46.5 Å². The van der Waals surface area contributed by atoms with Gasteiger partial charge in [-0.3, -0.25) is 9.89 Å². The normalized spacial score (nSPS) is 17.0. The molecular weight excluding hydrogens is 407 g/mol. The number of thioether (sulfide) groups is 1. The molecule has 1 saturated heterocycles. The van der Waals surface area contributed by atoms with E-state index in [0.717, 1.165) is 25.6 Å². The Kier molecular flexibility index (Phi) is 12.9. The average Bonchev–Trinajstić information content (AvgIpc) is 2.50. The molecule has 1 heterocycles. The van der Waals surface area contributed by atoms with Crippen molar-refractivity contribution in [3.05, 3.63) is 0 Å². The molecule has 0 aromatic heterocycles. The van der Waals surface area contributed by atoms with E-state index in [2.05, 4.69) is 42.6 Å². The van der Waals surface area contributed by atoms with Crippen molar-refractivity contribution in [1.82, 2.24) is 15.5 Å². The molecule has 22 heavy (non-hydrogen) atoms. The van der Waals surface area contributed by atoms with E-state index in [1.54, 1.807) is 0 Å². The minimum Gasteiger partial charge on any atom is -0.357 e.